The summed E-state index contributed by atoms with van der Waals surface area (Å²) < 4.78 is 6.88. The molecule has 0 radical (unpaired) electrons. The highest BCUT2D eigenvalue weighted by molar-refractivity contribution is 7.99. The lowest BCUT2D eigenvalue weighted by molar-refractivity contribution is 0.415. The molecule has 3 aromatic rings. The zero-order valence-corrected chi connectivity index (χ0v) is 14.5. The third-order valence-electron chi connectivity index (χ3n) is 3.37. The van der Waals surface area contributed by atoms with Gasteiger partial charge in [0.25, 0.3) is 0 Å². The van der Waals surface area contributed by atoms with Crippen LogP contribution in [-0.4, -0.2) is 34.0 Å². The van der Waals surface area contributed by atoms with E-state index in [1.807, 2.05) is 54.6 Å². The van der Waals surface area contributed by atoms with Gasteiger partial charge in [-0.3, -0.25) is 0 Å². The molecule has 0 amide bonds. The number of thioether (sulfide) groups is 1. The zero-order valence-electron chi connectivity index (χ0n) is 13.7. The molecule has 3 rings (SSSR count). The fraction of sp³-hybridized carbons (Fsp3) is 0.105. The average Bonchev–Trinajstić information content (AvgIpc) is 3.08. The van der Waals surface area contributed by atoms with Gasteiger partial charge >= 0.3 is 0 Å². The summed E-state index contributed by atoms with van der Waals surface area (Å²) in [6.07, 6.45) is 7.12. The lowest BCUT2D eigenvalue weighted by atomic mass is 10.2. The number of nitrogens with zero attached hydrogens (tertiary/aromatic N) is 4. The monoisotopic (exact) mass is 348 g/mol. The van der Waals surface area contributed by atoms with E-state index in [4.69, 9.17) is 11.2 Å². The van der Waals surface area contributed by atoms with Gasteiger partial charge in [0.05, 0.1) is 19.1 Å². The Morgan fingerprint density at radius 2 is 1.92 bits per heavy atom. The van der Waals surface area contributed by atoms with Crippen molar-refractivity contribution in [2.24, 2.45) is 5.10 Å². The molecule has 124 valence electrons. The smallest absolute Gasteiger partial charge is 0.213 e. The first-order valence-electron chi connectivity index (χ1n) is 7.57. The first-order chi connectivity index (χ1) is 12.3. The minimum absolute atomic E-state index is 0.505. The second kappa shape index (κ2) is 8.18. The molecule has 0 aliphatic carbocycles. The maximum atomic E-state index is 5.36. The van der Waals surface area contributed by atoms with Crippen molar-refractivity contribution < 1.29 is 4.74 Å². The van der Waals surface area contributed by atoms with Gasteiger partial charge in [-0.15, -0.1) is 16.6 Å². The second-order valence-corrected chi connectivity index (χ2v) is 5.94. The number of hydrogen-bond acceptors (Lipinski definition) is 5. The van der Waals surface area contributed by atoms with Crippen molar-refractivity contribution in [1.29, 1.82) is 0 Å². The number of aromatic nitrogens is 3. The summed E-state index contributed by atoms with van der Waals surface area (Å²) in [6, 6.07) is 17.5. The second-order valence-electron chi connectivity index (χ2n) is 4.99. The van der Waals surface area contributed by atoms with Gasteiger partial charge in [-0.25, -0.2) is 0 Å². The molecule has 1 aromatic heterocycles. The van der Waals surface area contributed by atoms with Crippen LogP contribution in [0, 0.1) is 12.3 Å². The first kappa shape index (κ1) is 16.8. The highest BCUT2D eigenvalue weighted by Crippen LogP contribution is 2.23. The Balaban J connectivity index is 1.95. The standard InChI is InChI=1S/C19H16N4OS/c1-3-13-25-19-22-21-18(16-7-5-4-6-8-16)23(19)20-14-15-9-11-17(24-2)12-10-15/h1,4-12,14H,13H2,2H3. The normalized spacial score (nSPS) is 10.7. The zero-order chi connectivity index (χ0) is 17.5. The van der Waals surface area contributed by atoms with Crippen LogP contribution >= 0.6 is 11.8 Å². The SMILES string of the molecule is C#CCSc1nnc(-c2ccccc2)n1N=Cc1ccc(OC)cc1. The molecule has 5 nitrogen and oxygen atoms in total. The highest BCUT2D eigenvalue weighted by atomic mass is 32.2. The Morgan fingerprint density at radius 3 is 2.60 bits per heavy atom. The molecule has 0 aliphatic heterocycles. The van der Waals surface area contributed by atoms with E-state index in [9.17, 15) is 0 Å². The molecule has 0 bridgehead atoms. The molecule has 1 heterocycles. The van der Waals surface area contributed by atoms with Gasteiger partial charge in [0.2, 0.25) is 5.16 Å². The predicted octanol–water partition coefficient (Wildman–Crippen LogP) is 3.56. The molecule has 0 atom stereocenters. The lowest BCUT2D eigenvalue weighted by Gasteiger charge is -2.04. The van der Waals surface area contributed by atoms with Crippen molar-refractivity contribution in [2.45, 2.75) is 5.16 Å². The molecule has 0 saturated heterocycles. The molecule has 0 fully saturated rings. The number of rotatable bonds is 6. The van der Waals surface area contributed by atoms with E-state index in [1.165, 1.54) is 11.8 Å². The largest absolute Gasteiger partial charge is 0.497 e. The van der Waals surface area contributed by atoms with Gasteiger partial charge in [-0.05, 0) is 29.8 Å². The topological polar surface area (TPSA) is 52.3 Å². The summed E-state index contributed by atoms with van der Waals surface area (Å²) in [6.45, 7) is 0. The third kappa shape index (κ3) is 4.08. The molecular weight excluding hydrogens is 332 g/mol. The Kier molecular flexibility index (Phi) is 5.50. The molecule has 2 aromatic carbocycles. The number of ether oxygens (including phenoxy) is 1. The van der Waals surface area contributed by atoms with Gasteiger partial charge < -0.3 is 4.74 Å². The fourth-order valence-electron chi connectivity index (χ4n) is 2.15. The van der Waals surface area contributed by atoms with Crippen LogP contribution in [0.1, 0.15) is 5.56 Å². The van der Waals surface area contributed by atoms with E-state index >= 15 is 0 Å². The predicted molar refractivity (Wildman–Crippen MR) is 101 cm³/mol. The summed E-state index contributed by atoms with van der Waals surface area (Å²) in [4.78, 5) is 0. The molecule has 0 spiro atoms. The third-order valence-corrected chi connectivity index (χ3v) is 4.19. The number of hydrogen-bond donors (Lipinski definition) is 0. The van der Waals surface area contributed by atoms with E-state index in [0.29, 0.717) is 16.7 Å². The molecule has 0 saturated carbocycles. The van der Waals surface area contributed by atoms with Gasteiger partial charge in [-0.2, -0.15) is 9.78 Å². The quantitative estimate of drug-likeness (QED) is 0.388. The van der Waals surface area contributed by atoms with Crippen molar-refractivity contribution in [1.82, 2.24) is 14.9 Å². The summed E-state index contributed by atoms with van der Waals surface area (Å²) in [7, 11) is 1.64. The summed E-state index contributed by atoms with van der Waals surface area (Å²) in [5.74, 6) is 4.57. The maximum absolute atomic E-state index is 5.36. The van der Waals surface area contributed by atoms with Crippen molar-refractivity contribution >= 4 is 18.0 Å². The minimum Gasteiger partial charge on any atom is -0.497 e. The molecule has 6 heteroatoms. The van der Waals surface area contributed by atoms with Crippen molar-refractivity contribution in [3.63, 3.8) is 0 Å². The fourth-order valence-corrected chi connectivity index (χ4v) is 2.71. The van der Waals surface area contributed by atoms with Crippen LogP contribution in [0.15, 0.2) is 64.9 Å². The van der Waals surface area contributed by atoms with Crippen LogP contribution in [0.25, 0.3) is 11.4 Å². The Hall–Kier alpha value is -3.04. The van der Waals surface area contributed by atoms with E-state index in [2.05, 4.69) is 21.2 Å². The molecule has 0 N–H and O–H groups in total. The van der Waals surface area contributed by atoms with Crippen molar-refractivity contribution in [3.8, 4) is 29.5 Å². The number of methoxy groups -OCH3 is 1. The lowest BCUT2D eigenvalue weighted by Crippen LogP contribution is -1.97. The molecule has 0 aliphatic rings. The summed E-state index contributed by atoms with van der Waals surface area (Å²) in [5.41, 5.74) is 1.89. The number of benzene rings is 2. The van der Waals surface area contributed by atoms with Crippen molar-refractivity contribution in [2.75, 3.05) is 12.9 Å². The van der Waals surface area contributed by atoms with E-state index in [-0.39, 0.29) is 0 Å². The van der Waals surface area contributed by atoms with Crippen molar-refractivity contribution in [3.05, 3.63) is 60.2 Å². The van der Waals surface area contributed by atoms with Gasteiger partial charge in [-0.1, -0.05) is 48.0 Å². The average molecular weight is 348 g/mol. The van der Waals surface area contributed by atoms with Crippen LogP contribution in [0.4, 0.5) is 0 Å². The van der Waals surface area contributed by atoms with E-state index < -0.39 is 0 Å². The summed E-state index contributed by atoms with van der Waals surface area (Å²) >= 11 is 1.42. The van der Waals surface area contributed by atoms with Gasteiger partial charge in [0.1, 0.15) is 5.75 Å². The Bertz CT molecular complexity index is 895. The van der Waals surface area contributed by atoms with Crippen LogP contribution in [-0.2, 0) is 0 Å². The maximum Gasteiger partial charge on any atom is 0.213 e. The van der Waals surface area contributed by atoms with Gasteiger partial charge in [0, 0.05) is 5.56 Å². The highest BCUT2D eigenvalue weighted by Gasteiger charge is 2.13. The Morgan fingerprint density at radius 1 is 1.16 bits per heavy atom. The molecule has 25 heavy (non-hydrogen) atoms. The molecular formula is C19H16N4OS. The molecule has 0 unspecified atom stereocenters. The van der Waals surface area contributed by atoms with E-state index in [1.54, 1.807) is 18.0 Å². The van der Waals surface area contributed by atoms with Gasteiger partial charge in [0.15, 0.2) is 5.82 Å². The van der Waals surface area contributed by atoms with Crippen LogP contribution < -0.4 is 4.74 Å². The first-order valence-corrected chi connectivity index (χ1v) is 8.56. The minimum atomic E-state index is 0.505. The van der Waals surface area contributed by atoms with E-state index in [0.717, 1.165) is 16.9 Å². The van der Waals surface area contributed by atoms with Crippen LogP contribution in [0.5, 0.6) is 5.75 Å². The van der Waals surface area contributed by atoms with Crippen LogP contribution in [0.3, 0.4) is 0 Å². The van der Waals surface area contributed by atoms with Crippen LogP contribution in [0.2, 0.25) is 0 Å². The number of terminal acetylenes is 1. The summed E-state index contributed by atoms with van der Waals surface area (Å²) in [5, 5.41) is 13.7. The Labute approximate surface area is 150 Å².